The summed E-state index contributed by atoms with van der Waals surface area (Å²) in [5, 5.41) is 0.806. The number of nitrogens with zero attached hydrogens (tertiary/aromatic N) is 1. The quantitative estimate of drug-likeness (QED) is 0.272. The van der Waals surface area contributed by atoms with Crippen molar-refractivity contribution in [3.05, 3.63) is 36.3 Å². The molecule has 2 aromatic rings. The Labute approximate surface area is 94.1 Å². The Hall–Kier alpha value is -0.115. The van der Waals surface area contributed by atoms with Crippen LogP contribution >= 0.6 is 0 Å². The Balaban J connectivity index is 0.000000605. The molecule has 4 heteroatoms. The first-order valence-corrected chi connectivity index (χ1v) is 2.95. The standard InChI is InChI=1S/C8H4FN.2Li/c9-7-3-1-2-6-4-5-10-8(6)7;;/h2-5H;;/q-2;2*+1. The topological polar surface area (TPSA) is 14.1 Å². The number of rotatable bonds is 0. The first-order chi connectivity index (χ1) is 4.88. The molecule has 0 aliphatic carbocycles. The summed E-state index contributed by atoms with van der Waals surface area (Å²) >= 11 is 0. The second kappa shape index (κ2) is 4.80. The van der Waals surface area contributed by atoms with E-state index < -0.39 is 0 Å². The molecule has 0 N–H and O–H groups in total. The molecule has 1 heterocycles. The zero-order valence-corrected chi connectivity index (χ0v) is 7.13. The summed E-state index contributed by atoms with van der Waals surface area (Å²) in [5.41, 5.74) is 0.429. The van der Waals surface area contributed by atoms with Gasteiger partial charge in [0.05, 0.1) is 0 Å². The summed E-state index contributed by atoms with van der Waals surface area (Å²) in [6.07, 6.45) is 1.58. The zero-order valence-electron chi connectivity index (χ0n) is 7.13. The summed E-state index contributed by atoms with van der Waals surface area (Å²) in [6, 6.07) is 7.43. The van der Waals surface area contributed by atoms with Crippen molar-refractivity contribution in [2.24, 2.45) is 0 Å². The van der Waals surface area contributed by atoms with Crippen LogP contribution in [0.15, 0.2) is 24.4 Å². The normalized spacial score (nSPS) is 8.75. The molecular weight excluding hydrogens is 143 g/mol. The van der Waals surface area contributed by atoms with Gasteiger partial charge in [0.1, 0.15) is 0 Å². The third-order valence-electron chi connectivity index (χ3n) is 1.41. The van der Waals surface area contributed by atoms with Crippen molar-refractivity contribution < 1.29 is 42.1 Å². The van der Waals surface area contributed by atoms with Gasteiger partial charge in [0.25, 0.3) is 0 Å². The van der Waals surface area contributed by atoms with Gasteiger partial charge in [0.2, 0.25) is 0 Å². The minimum atomic E-state index is -0.303. The van der Waals surface area contributed by atoms with Crippen molar-refractivity contribution in [1.29, 1.82) is 0 Å². The molecule has 1 nitrogen and oxygen atoms in total. The number of fused-ring (bicyclic) bond motifs is 1. The Morgan fingerprint density at radius 1 is 1.25 bits per heavy atom. The van der Waals surface area contributed by atoms with Crippen LogP contribution in [0.4, 0.5) is 4.39 Å². The molecule has 1 aromatic carbocycles. The molecule has 1 aromatic heterocycles. The summed E-state index contributed by atoms with van der Waals surface area (Å²) in [7, 11) is 0. The maximum atomic E-state index is 12.7. The van der Waals surface area contributed by atoms with Gasteiger partial charge >= 0.3 is 37.7 Å². The summed E-state index contributed by atoms with van der Waals surface area (Å²) in [6.45, 7) is 0. The predicted molar refractivity (Wildman–Crippen MR) is 36.1 cm³/mol. The van der Waals surface area contributed by atoms with Crippen molar-refractivity contribution in [3.63, 3.8) is 0 Å². The second-order valence-electron chi connectivity index (χ2n) is 2.05. The Kier molecular flexibility index (Phi) is 4.75. The van der Waals surface area contributed by atoms with Crippen LogP contribution in [0.1, 0.15) is 0 Å². The first kappa shape index (κ1) is 11.9. The fraction of sp³-hybridized carbons (Fsp3) is 0. The van der Waals surface area contributed by atoms with Gasteiger partial charge < -0.3 is 4.98 Å². The molecule has 0 saturated carbocycles. The largest absolute Gasteiger partial charge is 1.00 e. The molecule has 0 unspecified atom stereocenters. The van der Waals surface area contributed by atoms with Crippen LogP contribution in [-0.2, 0) is 0 Å². The second-order valence-corrected chi connectivity index (χ2v) is 2.05. The van der Waals surface area contributed by atoms with Crippen LogP contribution in [0.3, 0.4) is 0 Å². The van der Waals surface area contributed by atoms with Crippen LogP contribution in [0.2, 0.25) is 0 Å². The predicted octanol–water partition coefficient (Wildman–Crippen LogP) is -4.26. The van der Waals surface area contributed by atoms with Gasteiger partial charge in [-0.15, -0.1) is 17.5 Å². The van der Waals surface area contributed by atoms with Crippen LogP contribution in [-0.4, -0.2) is 0 Å². The van der Waals surface area contributed by atoms with Gasteiger partial charge in [-0.05, 0) is 5.82 Å². The Morgan fingerprint density at radius 3 is 2.67 bits per heavy atom. The SMILES string of the molecule is Fc1c[c-]cc2cc[n-]c12.[Li+].[Li+]. The number of aromatic nitrogens is 1. The summed E-state index contributed by atoms with van der Waals surface area (Å²) in [4.78, 5) is 3.82. The van der Waals surface area contributed by atoms with E-state index in [0.717, 1.165) is 5.39 Å². The molecule has 0 bridgehead atoms. The van der Waals surface area contributed by atoms with Crippen molar-refractivity contribution in [1.82, 2.24) is 4.98 Å². The first-order valence-electron chi connectivity index (χ1n) is 2.95. The van der Waals surface area contributed by atoms with Crippen LogP contribution in [0.25, 0.3) is 10.9 Å². The van der Waals surface area contributed by atoms with E-state index in [0.29, 0.717) is 5.52 Å². The van der Waals surface area contributed by atoms with E-state index >= 15 is 0 Å². The zero-order chi connectivity index (χ0) is 6.97. The molecule has 0 aliphatic heterocycles. The number of halogens is 1. The van der Waals surface area contributed by atoms with Crippen molar-refractivity contribution in [2.75, 3.05) is 0 Å². The van der Waals surface area contributed by atoms with Gasteiger partial charge in [0, 0.05) is 0 Å². The fourth-order valence-electron chi connectivity index (χ4n) is 0.935. The van der Waals surface area contributed by atoms with Gasteiger partial charge in [-0.25, -0.2) is 5.52 Å². The summed E-state index contributed by atoms with van der Waals surface area (Å²) in [5.74, 6) is -0.303. The Bertz CT molecular complexity index is 359. The van der Waals surface area contributed by atoms with E-state index in [-0.39, 0.29) is 43.5 Å². The number of hydrogen-bond donors (Lipinski definition) is 0. The number of hydrogen-bond acceptors (Lipinski definition) is 0. The molecule has 0 amide bonds. The van der Waals surface area contributed by atoms with E-state index in [4.69, 9.17) is 0 Å². The molecule has 0 fully saturated rings. The molecule has 50 valence electrons. The minimum Gasteiger partial charge on any atom is -0.683 e. The van der Waals surface area contributed by atoms with Gasteiger partial charge in [-0.3, -0.25) is 4.39 Å². The van der Waals surface area contributed by atoms with E-state index in [1.807, 2.05) is 0 Å². The fourth-order valence-corrected chi connectivity index (χ4v) is 0.935. The van der Waals surface area contributed by atoms with Crippen molar-refractivity contribution in [3.8, 4) is 0 Å². The van der Waals surface area contributed by atoms with Gasteiger partial charge in [-0.1, -0.05) is 0 Å². The Morgan fingerprint density at radius 2 is 2.00 bits per heavy atom. The molecular formula is C8H4FLi2N. The molecule has 0 saturated heterocycles. The van der Waals surface area contributed by atoms with Crippen molar-refractivity contribution in [2.45, 2.75) is 0 Å². The monoisotopic (exact) mass is 147 g/mol. The maximum absolute atomic E-state index is 12.7. The van der Waals surface area contributed by atoms with Crippen LogP contribution < -0.4 is 42.7 Å². The average molecular weight is 147 g/mol. The molecule has 0 aliphatic rings. The van der Waals surface area contributed by atoms with Gasteiger partial charge in [-0.2, -0.15) is 18.3 Å². The average Bonchev–Trinajstić information content (AvgIpc) is 2.36. The van der Waals surface area contributed by atoms with Crippen LogP contribution in [0, 0.1) is 11.9 Å². The van der Waals surface area contributed by atoms with E-state index in [2.05, 4.69) is 11.1 Å². The third-order valence-corrected chi connectivity index (χ3v) is 1.41. The van der Waals surface area contributed by atoms with Crippen LogP contribution in [0.5, 0.6) is 0 Å². The van der Waals surface area contributed by atoms with Crippen molar-refractivity contribution >= 4 is 10.9 Å². The molecule has 2 rings (SSSR count). The maximum Gasteiger partial charge on any atom is 1.00 e. The van der Waals surface area contributed by atoms with E-state index in [1.165, 1.54) is 6.07 Å². The third kappa shape index (κ3) is 1.97. The van der Waals surface area contributed by atoms with E-state index in [1.54, 1.807) is 18.3 Å². The van der Waals surface area contributed by atoms with Gasteiger partial charge in [0.15, 0.2) is 0 Å². The smallest absolute Gasteiger partial charge is 0.683 e. The molecule has 0 spiro atoms. The summed E-state index contributed by atoms with van der Waals surface area (Å²) < 4.78 is 12.7. The minimum absolute atomic E-state index is 0. The molecule has 0 atom stereocenters. The molecule has 12 heavy (non-hydrogen) atoms. The molecule has 0 radical (unpaired) electrons. The number of benzene rings is 1. The van der Waals surface area contributed by atoms with E-state index in [9.17, 15) is 4.39 Å².